The van der Waals surface area contributed by atoms with Crippen molar-refractivity contribution in [3.63, 3.8) is 0 Å². The van der Waals surface area contributed by atoms with Crippen LogP contribution in [0, 0.1) is 0 Å². The second-order valence-electron chi connectivity index (χ2n) is 10.1. The number of guanidine groups is 1. The van der Waals surface area contributed by atoms with Gasteiger partial charge >= 0.3 is 12.2 Å². The van der Waals surface area contributed by atoms with Gasteiger partial charge in [0, 0.05) is 17.9 Å². The van der Waals surface area contributed by atoms with Crippen LogP contribution >= 0.6 is 0 Å². The molecule has 0 aliphatic carbocycles. The van der Waals surface area contributed by atoms with Gasteiger partial charge in [0.2, 0.25) is 11.9 Å². The Hall–Kier alpha value is -3.30. The lowest BCUT2D eigenvalue weighted by molar-refractivity contribution is -0.122. The maximum atomic E-state index is 12.2. The van der Waals surface area contributed by atoms with Gasteiger partial charge in [0.25, 0.3) is 0 Å². The molecule has 1 heterocycles. The van der Waals surface area contributed by atoms with Gasteiger partial charge in [0.05, 0.1) is 0 Å². The van der Waals surface area contributed by atoms with E-state index in [1.54, 1.807) is 53.7 Å². The predicted molar refractivity (Wildman–Crippen MR) is 127 cm³/mol. The summed E-state index contributed by atoms with van der Waals surface area (Å²) >= 11 is 0. The zero-order valence-electron chi connectivity index (χ0n) is 20.4. The zero-order valence-corrected chi connectivity index (χ0v) is 20.4. The molecule has 0 radical (unpaired) electrons. The SMILES string of the molecule is CC(C)(C)OC(=O)N=C(NC(=O)OC(C)(C)C)Nc1ccc(N2CCC[C@]2(C)C(N)=O)cc1. The largest absolute Gasteiger partial charge is 0.444 e. The van der Waals surface area contributed by atoms with Crippen LogP contribution in [-0.2, 0) is 14.3 Å². The van der Waals surface area contributed by atoms with Crippen LogP contribution in [0.25, 0.3) is 0 Å². The third-order valence-electron chi connectivity index (χ3n) is 4.83. The van der Waals surface area contributed by atoms with Crippen molar-refractivity contribution in [3.05, 3.63) is 24.3 Å². The third kappa shape index (κ3) is 7.65. The fraction of sp³-hybridized carbons (Fsp3) is 0.565. The monoisotopic (exact) mass is 461 g/mol. The molecule has 182 valence electrons. The second-order valence-corrected chi connectivity index (χ2v) is 10.1. The van der Waals surface area contributed by atoms with Crippen molar-refractivity contribution in [1.29, 1.82) is 0 Å². The Balaban J connectivity index is 2.22. The topological polar surface area (TPSA) is 135 Å². The Bertz CT molecular complexity index is 915. The molecule has 0 unspecified atom stereocenters. The van der Waals surface area contributed by atoms with Gasteiger partial charge in [0.15, 0.2) is 0 Å². The van der Waals surface area contributed by atoms with Crippen LogP contribution in [0.2, 0.25) is 0 Å². The summed E-state index contributed by atoms with van der Waals surface area (Å²) in [5.74, 6) is -0.509. The van der Waals surface area contributed by atoms with Crippen molar-refractivity contribution in [2.24, 2.45) is 10.7 Å². The standard InChI is InChI=1S/C23H35N5O5/c1-21(2,3)32-19(30)26-18(27-20(31)33-22(4,5)6)25-15-9-11-16(12-10-15)28-14-8-13-23(28,7)17(24)29/h9-12H,8,13-14H2,1-7H3,(H2,24,29)(H2,25,26,27,30,31)/t23-/m1/s1. The minimum Gasteiger partial charge on any atom is -0.444 e. The minimum absolute atomic E-state index is 0.144. The van der Waals surface area contributed by atoms with Crippen molar-refractivity contribution >= 4 is 35.4 Å². The number of nitrogens with one attached hydrogen (secondary N) is 2. The average molecular weight is 462 g/mol. The Morgan fingerprint density at radius 3 is 2.12 bits per heavy atom. The van der Waals surface area contributed by atoms with Gasteiger partial charge in [-0.3, -0.25) is 10.1 Å². The molecule has 1 saturated heterocycles. The first-order chi connectivity index (χ1) is 15.1. The van der Waals surface area contributed by atoms with E-state index in [1.165, 1.54) is 0 Å². The van der Waals surface area contributed by atoms with E-state index in [2.05, 4.69) is 15.6 Å². The van der Waals surface area contributed by atoms with Gasteiger partial charge in [-0.25, -0.2) is 9.59 Å². The van der Waals surface area contributed by atoms with Crippen molar-refractivity contribution in [2.75, 3.05) is 16.8 Å². The number of ether oxygens (including phenoxy) is 2. The fourth-order valence-electron chi connectivity index (χ4n) is 3.36. The maximum absolute atomic E-state index is 12.2. The van der Waals surface area contributed by atoms with Crippen molar-refractivity contribution in [1.82, 2.24) is 5.32 Å². The highest BCUT2D eigenvalue weighted by molar-refractivity contribution is 6.06. The molecule has 0 saturated carbocycles. The molecule has 1 aromatic carbocycles. The summed E-state index contributed by atoms with van der Waals surface area (Å²) < 4.78 is 10.5. The molecule has 0 bridgehead atoms. The lowest BCUT2D eigenvalue weighted by atomic mass is 9.97. The highest BCUT2D eigenvalue weighted by Gasteiger charge is 2.41. The first-order valence-corrected chi connectivity index (χ1v) is 10.9. The number of carbonyl (C=O) groups excluding carboxylic acids is 3. The number of nitrogens with two attached hydrogens (primary N) is 1. The highest BCUT2D eigenvalue weighted by atomic mass is 16.6. The summed E-state index contributed by atoms with van der Waals surface area (Å²) in [5.41, 5.74) is 4.80. The first kappa shape index (κ1) is 26.0. The number of alkyl carbamates (subject to hydrolysis) is 1. The lowest BCUT2D eigenvalue weighted by Gasteiger charge is -2.34. The van der Waals surface area contributed by atoms with E-state index >= 15 is 0 Å². The van der Waals surface area contributed by atoms with Crippen LogP contribution in [0.15, 0.2) is 29.3 Å². The molecule has 0 aromatic heterocycles. The number of benzene rings is 1. The maximum Gasteiger partial charge on any atom is 0.437 e. The third-order valence-corrected chi connectivity index (χ3v) is 4.83. The molecule has 1 atom stereocenters. The first-order valence-electron chi connectivity index (χ1n) is 10.9. The van der Waals surface area contributed by atoms with Crippen molar-refractivity contribution in [2.45, 2.75) is 78.0 Å². The van der Waals surface area contributed by atoms with Crippen molar-refractivity contribution in [3.8, 4) is 0 Å². The van der Waals surface area contributed by atoms with Gasteiger partial charge in [-0.2, -0.15) is 0 Å². The Kier molecular flexibility index (Phi) is 7.61. The van der Waals surface area contributed by atoms with Gasteiger partial charge in [-0.15, -0.1) is 4.99 Å². The normalized spacial score (nSPS) is 19.1. The Labute approximate surface area is 194 Å². The number of nitrogens with zero attached hydrogens (tertiary/aromatic N) is 2. The van der Waals surface area contributed by atoms with Crippen LogP contribution in [0.5, 0.6) is 0 Å². The number of rotatable bonds is 3. The molecule has 2 rings (SSSR count). The number of hydrogen-bond acceptors (Lipinski definition) is 6. The highest BCUT2D eigenvalue weighted by Crippen LogP contribution is 2.34. The van der Waals surface area contributed by atoms with Crippen LogP contribution in [0.1, 0.15) is 61.3 Å². The number of amides is 3. The molecule has 1 aliphatic heterocycles. The molecule has 0 spiro atoms. The molecule has 10 heteroatoms. The summed E-state index contributed by atoms with van der Waals surface area (Å²) in [4.78, 5) is 42.2. The van der Waals surface area contributed by atoms with Gasteiger partial charge in [-0.05, 0) is 85.6 Å². The van der Waals surface area contributed by atoms with E-state index in [4.69, 9.17) is 15.2 Å². The van der Waals surface area contributed by atoms with Gasteiger partial charge < -0.3 is 25.4 Å². The van der Waals surface area contributed by atoms with Crippen LogP contribution in [-0.4, -0.2) is 47.3 Å². The molecule has 1 aromatic rings. The van der Waals surface area contributed by atoms with E-state index < -0.39 is 28.9 Å². The number of primary amides is 1. The molecule has 4 N–H and O–H groups in total. The molecule has 1 aliphatic rings. The number of aliphatic imine (C=N–C) groups is 1. The average Bonchev–Trinajstić information content (AvgIpc) is 3.02. The summed E-state index contributed by atoms with van der Waals surface area (Å²) in [5, 5.41) is 5.34. The smallest absolute Gasteiger partial charge is 0.437 e. The second kappa shape index (κ2) is 9.68. The van der Waals surface area contributed by atoms with Crippen LogP contribution in [0.4, 0.5) is 21.0 Å². The number of carbonyl (C=O) groups is 3. The van der Waals surface area contributed by atoms with E-state index in [9.17, 15) is 14.4 Å². The molecular formula is C23H35N5O5. The van der Waals surface area contributed by atoms with E-state index in [1.807, 2.05) is 24.0 Å². The Morgan fingerprint density at radius 2 is 1.61 bits per heavy atom. The van der Waals surface area contributed by atoms with E-state index in [0.717, 1.165) is 18.7 Å². The minimum atomic E-state index is -0.869. The lowest BCUT2D eigenvalue weighted by Crippen LogP contribution is -2.51. The van der Waals surface area contributed by atoms with Crippen LogP contribution in [0.3, 0.4) is 0 Å². The quantitative estimate of drug-likeness (QED) is 0.461. The molecule has 3 amide bonds. The fourth-order valence-corrected chi connectivity index (χ4v) is 3.36. The van der Waals surface area contributed by atoms with Gasteiger partial charge in [0.1, 0.15) is 16.7 Å². The summed E-state index contributed by atoms with van der Waals surface area (Å²) in [6.45, 7) is 12.9. The summed E-state index contributed by atoms with van der Waals surface area (Å²) in [6.07, 6.45) is -0.0870. The van der Waals surface area contributed by atoms with E-state index in [0.29, 0.717) is 12.1 Å². The predicted octanol–water partition coefficient (Wildman–Crippen LogP) is 3.76. The zero-order chi connectivity index (χ0) is 25.0. The molecule has 10 nitrogen and oxygen atoms in total. The van der Waals surface area contributed by atoms with Gasteiger partial charge in [-0.1, -0.05) is 0 Å². The van der Waals surface area contributed by atoms with Crippen LogP contribution < -0.4 is 21.3 Å². The number of hydrogen-bond donors (Lipinski definition) is 3. The molecular weight excluding hydrogens is 426 g/mol. The molecule has 33 heavy (non-hydrogen) atoms. The number of anilines is 2. The molecule has 1 fully saturated rings. The Morgan fingerprint density at radius 1 is 1.03 bits per heavy atom. The summed E-state index contributed by atoms with van der Waals surface area (Å²) in [7, 11) is 0. The summed E-state index contributed by atoms with van der Waals surface area (Å²) in [6, 6.07) is 7.15. The van der Waals surface area contributed by atoms with E-state index in [-0.39, 0.29) is 11.9 Å². The van der Waals surface area contributed by atoms with Crippen molar-refractivity contribution < 1.29 is 23.9 Å².